The number of hydrogen-bond acceptors (Lipinski definition) is 4. The fourth-order valence-electron chi connectivity index (χ4n) is 3.36. The van der Waals surface area contributed by atoms with E-state index in [0.29, 0.717) is 11.9 Å². The molecule has 5 heteroatoms. The van der Waals surface area contributed by atoms with E-state index in [1.54, 1.807) is 0 Å². The lowest BCUT2D eigenvalue weighted by atomic mass is 10.1. The number of anilines is 1. The Morgan fingerprint density at radius 3 is 2.56 bits per heavy atom. The molecule has 1 aromatic heterocycles. The van der Waals surface area contributed by atoms with Crippen LogP contribution in [0.3, 0.4) is 0 Å². The molecule has 4 rings (SSSR count). The number of benzene rings is 2. The van der Waals surface area contributed by atoms with Gasteiger partial charge in [0.2, 0.25) is 5.95 Å². The first kappa shape index (κ1) is 15.8. The predicted octanol–water partition coefficient (Wildman–Crippen LogP) is 2.16. The summed E-state index contributed by atoms with van der Waals surface area (Å²) in [4.78, 5) is 20.2. The van der Waals surface area contributed by atoms with Crippen molar-refractivity contribution in [2.75, 3.05) is 31.1 Å². The number of piperazine rings is 1. The molecule has 25 heavy (non-hydrogen) atoms. The maximum atomic E-state index is 13.2. The summed E-state index contributed by atoms with van der Waals surface area (Å²) < 4.78 is 1.83. The zero-order valence-corrected chi connectivity index (χ0v) is 14.4. The summed E-state index contributed by atoms with van der Waals surface area (Å²) in [7, 11) is 0. The molecule has 3 aromatic rings. The van der Waals surface area contributed by atoms with E-state index in [-0.39, 0.29) is 5.56 Å². The molecule has 1 N–H and O–H groups in total. The van der Waals surface area contributed by atoms with E-state index < -0.39 is 0 Å². The van der Waals surface area contributed by atoms with Crippen LogP contribution in [-0.4, -0.2) is 35.7 Å². The highest BCUT2D eigenvalue weighted by Gasteiger charge is 2.19. The Labute approximate surface area is 146 Å². The van der Waals surface area contributed by atoms with Crippen molar-refractivity contribution in [1.29, 1.82) is 0 Å². The maximum absolute atomic E-state index is 13.2. The highest BCUT2D eigenvalue weighted by atomic mass is 16.1. The van der Waals surface area contributed by atoms with E-state index in [4.69, 9.17) is 4.98 Å². The monoisotopic (exact) mass is 334 g/mol. The summed E-state index contributed by atoms with van der Waals surface area (Å²) in [5.74, 6) is 0.772. The van der Waals surface area contributed by atoms with E-state index >= 15 is 0 Å². The van der Waals surface area contributed by atoms with Gasteiger partial charge in [0.05, 0.1) is 17.4 Å². The predicted molar refractivity (Wildman–Crippen MR) is 101 cm³/mol. The van der Waals surface area contributed by atoms with Crippen molar-refractivity contribution >= 4 is 16.9 Å². The fourth-order valence-corrected chi connectivity index (χ4v) is 3.36. The van der Waals surface area contributed by atoms with Crippen molar-refractivity contribution in [3.63, 3.8) is 0 Å². The summed E-state index contributed by atoms with van der Waals surface area (Å²) in [5, 5.41) is 4.03. The normalized spacial score (nSPS) is 14.8. The number of aryl methyl sites for hydroxylation is 1. The second-order valence-electron chi connectivity index (χ2n) is 6.48. The lowest BCUT2D eigenvalue weighted by Gasteiger charge is -2.30. The van der Waals surface area contributed by atoms with E-state index in [2.05, 4.69) is 29.3 Å². The molecule has 0 unspecified atom stereocenters. The number of nitrogens with zero attached hydrogens (tertiary/aromatic N) is 3. The molecule has 1 saturated heterocycles. The van der Waals surface area contributed by atoms with E-state index in [9.17, 15) is 4.79 Å². The number of hydrogen-bond donors (Lipinski definition) is 1. The Morgan fingerprint density at radius 2 is 1.76 bits per heavy atom. The first-order chi connectivity index (χ1) is 12.2. The van der Waals surface area contributed by atoms with Gasteiger partial charge in [-0.25, -0.2) is 4.98 Å². The van der Waals surface area contributed by atoms with Gasteiger partial charge in [-0.3, -0.25) is 9.36 Å². The minimum Gasteiger partial charge on any atom is -0.340 e. The Balaban J connectivity index is 1.88. The first-order valence-corrected chi connectivity index (χ1v) is 8.74. The largest absolute Gasteiger partial charge is 0.340 e. The molecule has 128 valence electrons. The second kappa shape index (κ2) is 6.69. The zero-order chi connectivity index (χ0) is 17.2. The van der Waals surface area contributed by atoms with Crippen LogP contribution in [0.4, 0.5) is 5.95 Å². The van der Waals surface area contributed by atoms with Crippen molar-refractivity contribution in [1.82, 2.24) is 14.9 Å². The quantitative estimate of drug-likeness (QED) is 0.797. The van der Waals surface area contributed by atoms with Crippen LogP contribution in [0.2, 0.25) is 0 Å². The maximum Gasteiger partial charge on any atom is 0.263 e. The first-order valence-electron chi connectivity index (χ1n) is 8.74. The highest BCUT2D eigenvalue weighted by Crippen LogP contribution is 2.18. The molecule has 0 bridgehead atoms. The third-order valence-corrected chi connectivity index (χ3v) is 4.83. The third kappa shape index (κ3) is 3.03. The lowest BCUT2D eigenvalue weighted by molar-refractivity contribution is 0.564. The van der Waals surface area contributed by atoms with Crippen LogP contribution in [-0.2, 0) is 6.54 Å². The minimum atomic E-state index is 0.0300. The minimum absolute atomic E-state index is 0.0300. The average Bonchev–Trinajstić information content (AvgIpc) is 2.66. The number of para-hydroxylation sites is 1. The SMILES string of the molecule is Cc1ccccc1Cn1c(N2CCNCC2)nc2ccccc2c1=O. The fraction of sp³-hybridized carbons (Fsp3) is 0.300. The van der Waals surface area contributed by atoms with Gasteiger partial charge in [-0.2, -0.15) is 0 Å². The molecule has 0 spiro atoms. The van der Waals surface area contributed by atoms with Gasteiger partial charge in [-0.05, 0) is 30.2 Å². The number of aromatic nitrogens is 2. The van der Waals surface area contributed by atoms with Crippen LogP contribution in [0.25, 0.3) is 10.9 Å². The molecule has 1 fully saturated rings. The molecular formula is C20H22N4O. The van der Waals surface area contributed by atoms with Gasteiger partial charge in [0.1, 0.15) is 0 Å². The number of nitrogens with one attached hydrogen (secondary N) is 1. The van der Waals surface area contributed by atoms with E-state index in [1.807, 2.05) is 41.0 Å². The van der Waals surface area contributed by atoms with Crippen molar-refractivity contribution < 1.29 is 0 Å². The van der Waals surface area contributed by atoms with Gasteiger partial charge in [-0.15, -0.1) is 0 Å². The number of fused-ring (bicyclic) bond motifs is 1. The Morgan fingerprint density at radius 1 is 1.04 bits per heavy atom. The molecule has 2 aromatic carbocycles. The average molecular weight is 334 g/mol. The third-order valence-electron chi connectivity index (χ3n) is 4.83. The topological polar surface area (TPSA) is 50.2 Å². The van der Waals surface area contributed by atoms with Crippen molar-refractivity contribution in [3.8, 4) is 0 Å². The smallest absolute Gasteiger partial charge is 0.263 e. The summed E-state index contributed by atoms with van der Waals surface area (Å²) in [6.45, 7) is 6.17. The highest BCUT2D eigenvalue weighted by molar-refractivity contribution is 5.78. The van der Waals surface area contributed by atoms with Crippen LogP contribution >= 0.6 is 0 Å². The molecule has 2 heterocycles. The van der Waals surface area contributed by atoms with Crippen molar-refractivity contribution in [2.24, 2.45) is 0 Å². The van der Waals surface area contributed by atoms with E-state index in [0.717, 1.165) is 43.2 Å². The second-order valence-corrected chi connectivity index (χ2v) is 6.48. The van der Waals surface area contributed by atoms with Gasteiger partial charge in [0, 0.05) is 26.2 Å². The Bertz CT molecular complexity index is 957. The summed E-state index contributed by atoms with van der Waals surface area (Å²) in [5.41, 5.74) is 3.14. The van der Waals surface area contributed by atoms with Crippen LogP contribution in [0.15, 0.2) is 53.3 Å². The van der Waals surface area contributed by atoms with Crippen molar-refractivity contribution in [3.05, 3.63) is 70.0 Å². The molecule has 1 aliphatic rings. The molecular weight excluding hydrogens is 312 g/mol. The Hall–Kier alpha value is -2.66. The van der Waals surface area contributed by atoms with Gasteiger partial charge in [0.15, 0.2) is 0 Å². The molecule has 0 amide bonds. The van der Waals surface area contributed by atoms with Gasteiger partial charge < -0.3 is 10.2 Å². The molecule has 5 nitrogen and oxygen atoms in total. The summed E-state index contributed by atoms with van der Waals surface area (Å²) >= 11 is 0. The van der Waals surface area contributed by atoms with Crippen molar-refractivity contribution in [2.45, 2.75) is 13.5 Å². The molecule has 1 aliphatic heterocycles. The molecule has 0 aliphatic carbocycles. The molecule has 0 radical (unpaired) electrons. The van der Waals surface area contributed by atoms with Gasteiger partial charge in [-0.1, -0.05) is 36.4 Å². The van der Waals surface area contributed by atoms with Gasteiger partial charge >= 0.3 is 0 Å². The standard InChI is InChI=1S/C20H22N4O/c1-15-6-2-3-7-16(15)14-24-19(25)17-8-4-5-9-18(17)22-20(24)23-12-10-21-11-13-23/h2-9,21H,10-14H2,1H3. The molecule has 0 atom stereocenters. The van der Waals surface area contributed by atoms with E-state index in [1.165, 1.54) is 5.56 Å². The van der Waals surface area contributed by atoms with Gasteiger partial charge in [0.25, 0.3) is 5.56 Å². The zero-order valence-electron chi connectivity index (χ0n) is 14.4. The van der Waals surface area contributed by atoms with Crippen LogP contribution in [0.1, 0.15) is 11.1 Å². The van der Waals surface area contributed by atoms with Crippen LogP contribution in [0, 0.1) is 6.92 Å². The lowest BCUT2D eigenvalue weighted by Crippen LogP contribution is -2.46. The Kier molecular flexibility index (Phi) is 4.24. The summed E-state index contributed by atoms with van der Waals surface area (Å²) in [6, 6.07) is 15.8. The van der Waals surface area contributed by atoms with Crippen LogP contribution in [0.5, 0.6) is 0 Å². The summed E-state index contributed by atoms with van der Waals surface area (Å²) in [6.07, 6.45) is 0. The van der Waals surface area contributed by atoms with Crippen LogP contribution < -0.4 is 15.8 Å². The molecule has 0 saturated carbocycles. The number of rotatable bonds is 3.